The molecule has 1 aromatic heterocycles. The number of nitrogens with one attached hydrogen (secondary N) is 1. The van der Waals surface area contributed by atoms with Crippen molar-refractivity contribution in [1.29, 1.82) is 0 Å². The van der Waals surface area contributed by atoms with Gasteiger partial charge in [0.2, 0.25) is 0 Å². The standard InChI is InChI=1S/C13H23NO3/c1-3-5-14-9-12-8-13(17-10-12)11-16-7-6-15-4-2/h8,10,14H,3-7,9,11H2,1-2H3. The fraction of sp³-hybridized carbons (Fsp3) is 0.692. The molecule has 0 bridgehead atoms. The molecule has 0 fully saturated rings. The second kappa shape index (κ2) is 9.22. The lowest BCUT2D eigenvalue weighted by Gasteiger charge is -2.01. The molecular weight excluding hydrogens is 218 g/mol. The van der Waals surface area contributed by atoms with Crippen LogP contribution >= 0.6 is 0 Å². The summed E-state index contributed by atoms with van der Waals surface area (Å²) in [6.45, 7) is 8.52. The Labute approximate surface area is 103 Å². The normalized spacial score (nSPS) is 10.9. The minimum absolute atomic E-state index is 0.515. The first-order valence-electron chi connectivity index (χ1n) is 6.29. The van der Waals surface area contributed by atoms with Crippen molar-refractivity contribution in [2.45, 2.75) is 33.4 Å². The molecule has 0 unspecified atom stereocenters. The van der Waals surface area contributed by atoms with E-state index < -0.39 is 0 Å². The monoisotopic (exact) mass is 241 g/mol. The van der Waals surface area contributed by atoms with Crippen LogP contribution in [0.2, 0.25) is 0 Å². The van der Waals surface area contributed by atoms with Crippen LogP contribution in [0.3, 0.4) is 0 Å². The molecule has 0 saturated carbocycles. The van der Waals surface area contributed by atoms with Crippen LogP contribution in [0.1, 0.15) is 31.6 Å². The van der Waals surface area contributed by atoms with Gasteiger partial charge in [-0.25, -0.2) is 0 Å². The summed E-state index contributed by atoms with van der Waals surface area (Å²) in [5, 5.41) is 3.33. The smallest absolute Gasteiger partial charge is 0.129 e. The molecule has 17 heavy (non-hydrogen) atoms. The zero-order valence-electron chi connectivity index (χ0n) is 10.8. The first kappa shape index (κ1) is 14.2. The topological polar surface area (TPSA) is 43.6 Å². The molecule has 0 saturated heterocycles. The van der Waals surface area contributed by atoms with E-state index in [1.165, 1.54) is 5.56 Å². The lowest BCUT2D eigenvalue weighted by atomic mass is 10.3. The maximum absolute atomic E-state index is 5.42. The highest BCUT2D eigenvalue weighted by Crippen LogP contribution is 2.08. The van der Waals surface area contributed by atoms with Crippen LogP contribution in [-0.4, -0.2) is 26.4 Å². The predicted molar refractivity (Wildman–Crippen MR) is 66.9 cm³/mol. The molecule has 4 nitrogen and oxygen atoms in total. The Morgan fingerprint density at radius 1 is 1.24 bits per heavy atom. The third kappa shape index (κ3) is 6.46. The van der Waals surface area contributed by atoms with Gasteiger partial charge in [-0.1, -0.05) is 6.92 Å². The molecule has 0 atom stereocenters. The summed E-state index contributed by atoms with van der Waals surface area (Å²) in [5.74, 6) is 0.870. The van der Waals surface area contributed by atoms with Crippen molar-refractivity contribution in [3.05, 3.63) is 23.7 Å². The predicted octanol–water partition coefficient (Wildman–Crippen LogP) is 2.33. The van der Waals surface area contributed by atoms with Gasteiger partial charge in [-0.15, -0.1) is 0 Å². The highest BCUT2D eigenvalue weighted by molar-refractivity contribution is 5.11. The fourth-order valence-corrected chi connectivity index (χ4v) is 1.44. The lowest BCUT2D eigenvalue weighted by Crippen LogP contribution is -2.13. The largest absolute Gasteiger partial charge is 0.467 e. The molecule has 0 radical (unpaired) electrons. The Morgan fingerprint density at radius 3 is 2.82 bits per heavy atom. The number of rotatable bonds is 10. The summed E-state index contributed by atoms with van der Waals surface area (Å²) in [4.78, 5) is 0. The third-order valence-electron chi connectivity index (χ3n) is 2.28. The maximum Gasteiger partial charge on any atom is 0.129 e. The number of furan rings is 1. The first-order chi connectivity index (χ1) is 8.36. The summed E-state index contributed by atoms with van der Waals surface area (Å²) in [7, 11) is 0. The van der Waals surface area contributed by atoms with Crippen molar-refractivity contribution in [2.24, 2.45) is 0 Å². The molecule has 98 valence electrons. The van der Waals surface area contributed by atoms with Crippen LogP contribution in [-0.2, 0) is 22.6 Å². The Balaban J connectivity index is 2.12. The SMILES string of the molecule is CCCNCc1coc(COCCOCC)c1. The second-order valence-corrected chi connectivity index (χ2v) is 3.85. The van der Waals surface area contributed by atoms with Crippen molar-refractivity contribution >= 4 is 0 Å². The van der Waals surface area contributed by atoms with Crippen molar-refractivity contribution in [3.8, 4) is 0 Å². The quantitative estimate of drug-likeness (QED) is 0.638. The van der Waals surface area contributed by atoms with Gasteiger partial charge in [-0.2, -0.15) is 0 Å². The van der Waals surface area contributed by atoms with E-state index in [0.29, 0.717) is 19.8 Å². The zero-order valence-corrected chi connectivity index (χ0v) is 10.8. The van der Waals surface area contributed by atoms with Crippen LogP contribution in [0.5, 0.6) is 0 Å². The zero-order chi connectivity index (χ0) is 12.3. The summed E-state index contributed by atoms with van der Waals surface area (Å²) < 4.78 is 16.0. The van der Waals surface area contributed by atoms with Crippen molar-refractivity contribution in [1.82, 2.24) is 5.32 Å². The van der Waals surface area contributed by atoms with E-state index in [0.717, 1.165) is 31.9 Å². The number of hydrogen-bond acceptors (Lipinski definition) is 4. The average Bonchev–Trinajstić information content (AvgIpc) is 2.77. The molecule has 1 heterocycles. The Hall–Kier alpha value is -0.840. The van der Waals surface area contributed by atoms with Gasteiger partial charge < -0.3 is 19.2 Å². The summed E-state index contributed by atoms with van der Waals surface area (Å²) in [6.07, 6.45) is 2.93. The molecule has 0 amide bonds. The van der Waals surface area contributed by atoms with E-state index in [2.05, 4.69) is 12.2 Å². The van der Waals surface area contributed by atoms with Crippen LogP contribution < -0.4 is 5.32 Å². The van der Waals surface area contributed by atoms with Gasteiger partial charge >= 0.3 is 0 Å². The van der Waals surface area contributed by atoms with E-state index in [1.807, 2.05) is 13.0 Å². The Morgan fingerprint density at radius 2 is 2.06 bits per heavy atom. The summed E-state index contributed by atoms with van der Waals surface area (Å²) >= 11 is 0. The fourth-order valence-electron chi connectivity index (χ4n) is 1.44. The van der Waals surface area contributed by atoms with Crippen LogP contribution in [0.15, 0.2) is 16.7 Å². The van der Waals surface area contributed by atoms with Crippen molar-refractivity contribution in [3.63, 3.8) is 0 Å². The number of hydrogen-bond donors (Lipinski definition) is 1. The highest BCUT2D eigenvalue weighted by atomic mass is 16.5. The molecular formula is C13H23NO3. The molecule has 0 aromatic carbocycles. The van der Waals surface area contributed by atoms with Gasteiger partial charge in [-0.3, -0.25) is 0 Å². The highest BCUT2D eigenvalue weighted by Gasteiger charge is 2.01. The van der Waals surface area contributed by atoms with E-state index >= 15 is 0 Å². The Kier molecular flexibility index (Phi) is 7.71. The van der Waals surface area contributed by atoms with E-state index in [1.54, 1.807) is 6.26 Å². The van der Waals surface area contributed by atoms with Crippen LogP contribution in [0, 0.1) is 0 Å². The number of ether oxygens (including phenoxy) is 2. The first-order valence-corrected chi connectivity index (χ1v) is 6.29. The molecule has 1 aromatic rings. The van der Waals surface area contributed by atoms with Crippen LogP contribution in [0.25, 0.3) is 0 Å². The van der Waals surface area contributed by atoms with Gasteiger partial charge in [0.1, 0.15) is 12.4 Å². The molecule has 0 aliphatic rings. The minimum atomic E-state index is 0.515. The Bertz CT molecular complexity index is 286. The molecule has 4 heteroatoms. The van der Waals surface area contributed by atoms with E-state index in [9.17, 15) is 0 Å². The average molecular weight is 241 g/mol. The van der Waals surface area contributed by atoms with Crippen molar-refractivity contribution in [2.75, 3.05) is 26.4 Å². The minimum Gasteiger partial charge on any atom is -0.467 e. The summed E-state index contributed by atoms with van der Waals surface area (Å²) in [5.41, 5.74) is 1.17. The third-order valence-corrected chi connectivity index (χ3v) is 2.28. The van der Waals surface area contributed by atoms with Gasteiger partial charge in [-0.05, 0) is 26.0 Å². The van der Waals surface area contributed by atoms with Crippen LogP contribution in [0.4, 0.5) is 0 Å². The second-order valence-electron chi connectivity index (χ2n) is 3.85. The van der Waals surface area contributed by atoms with E-state index in [4.69, 9.17) is 13.9 Å². The summed E-state index contributed by atoms with van der Waals surface area (Å²) in [6, 6.07) is 2.03. The molecule has 1 N–H and O–H groups in total. The lowest BCUT2D eigenvalue weighted by molar-refractivity contribution is 0.0390. The van der Waals surface area contributed by atoms with Gasteiger partial charge in [0.15, 0.2) is 0 Å². The van der Waals surface area contributed by atoms with Crippen molar-refractivity contribution < 1.29 is 13.9 Å². The van der Waals surface area contributed by atoms with Gasteiger partial charge in [0.25, 0.3) is 0 Å². The van der Waals surface area contributed by atoms with Gasteiger partial charge in [0, 0.05) is 18.7 Å². The maximum atomic E-state index is 5.42. The molecule has 1 rings (SSSR count). The van der Waals surface area contributed by atoms with E-state index in [-0.39, 0.29) is 0 Å². The van der Waals surface area contributed by atoms with Gasteiger partial charge in [0.05, 0.1) is 19.5 Å². The molecule has 0 spiro atoms. The molecule has 0 aliphatic heterocycles. The molecule has 0 aliphatic carbocycles.